The highest BCUT2D eigenvalue weighted by Gasteiger charge is 2.34. The number of hydrogen-bond acceptors (Lipinski definition) is 10. The summed E-state index contributed by atoms with van der Waals surface area (Å²) in [5.74, 6) is -1.47. The number of H-pyrrole nitrogens is 2. The van der Waals surface area contributed by atoms with Crippen molar-refractivity contribution in [3.63, 3.8) is 0 Å². The SMILES string of the molecule is CCOC(=O)c1ccc(NC(=O)C[C@@H]2SC(=N[C@@H](c3ccc(OCC)cc3)c3c(O)[nH]c(=O)[nH]c3=O)NC2=O)cc1. The van der Waals surface area contributed by atoms with Crippen molar-refractivity contribution in [3.05, 3.63) is 86.1 Å². The van der Waals surface area contributed by atoms with Crippen LogP contribution in [0.2, 0.25) is 0 Å². The second-order valence-electron chi connectivity index (χ2n) is 8.66. The summed E-state index contributed by atoms with van der Waals surface area (Å²) in [6.07, 6.45) is -0.187. The van der Waals surface area contributed by atoms with Gasteiger partial charge in [-0.05, 0) is 55.8 Å². The van der Waals surface area contributed by atoms with E-state index in [2.05, 4.69) is 25.6 Å². The minimum absolute atomic E-state index is 0.121. The third kappa shape index (κ3) is 7.22. The number of nitrogens with zero attached hydrogens (tertiary/aromatic N) is 1. The molecule has 2 aromatic carbocycles. The number of aromatic amines is 2. The number of benzene rings is 2. The number of carbonyl (C=O) groups is 3. The minimum Gasteiger partial charge on any atom is -0.494 e. The molecule has 1 aliphatic rings. The summed E-state index contributed by atoms with van der Waals surface area (Å²) in [5, 5.41) is 15.0. The van der Waals surface area contributed by atoms with Crippen LogP contribution in [0.3, 0.4) is 0 Å². The number of nitrogens with one attached hydrogen (secondary N) is 4. The van der Waals surface area contributed by atoms with E-state index in [9.17, 15) is 29.1 Å². The predicted octanol–water partition coefficient (Wildman–Crippen LogP) is 2.05. The molecule has 5 N–H and O–H groups in total. The third-order valence-corrected chi connectivity index (χ3v) is 6.91. The van der Waals surface area contributed by atoms with Gasteiger partial charge in [0.05, 0.1) is 18.8 Å². The number of amides is 2. The molecule has 2 heterocycles. The zero-order chi connectivity index (χ0) is 29.5. The summed E-state index contributed by atoms with van der Waals surface area (Å²) in [6.45, 7) is 4.22. The minimum atomic E-state index is -1.11. The molecule has 214 valence electrons. The Morgan fingerprint density at radius 2 is 1.73 bits per heavy atom. The van der Waals surface area contributed by atoms with Gasteiger partial charge in [0.2, 0.25) is 17.7 Å². The van der Waals surface area contributed by atoms with Gasteiger partial charge in [0.1, 0.15) is 22.6 Å². The average molecular weight is 582 g/mol. The Morgan fingerprint density at radius 1 is 1.02 bits per heavy atom. The van der Waals surface area contributed by atoms with Gasteiger partial charge in [-0.2, -0.15) is 0 Å². The van der Waals surface area contributed by atoms with Gasteiger partial charge >= 0.3 is 11.7 Å². The molecular formula is C27H27N5O8S. The first kappa shape index (κ1) is 29.1. The van der Waals surface area contributed by atoms with E-state index in [0.717, 1.165) is 11.8 Å². The van der Waals surface area contributed by atoms with Crippen molar-refractivity contribution in [2.45, 2.75) is 31.6 Å². The standard InChI is InChI=1S/C27H27N5O8S/c1-3-39-17-11-7-14(8-12-17)21(20-23(35)30-26(38)31-24(20)36)29-27-32-22(34)18(41-27)13-19(33)28-16-9-5-15(6-10-16)25(37)40-4-2/h5-12,18,21H,3-4,13H2,1-2H3,(H,28,33)(H,29,32,34)(H3,30,31,35,36,38)/t18-,21-/m0/s1. The molecule has 0 aliphatic carbocycles. The first-order valence-corrected chi connectivity index (χ1v) is 13.5. The third-order valence-electron chi connectivity index (χ3n) is 5.81. The molecule has 0 radical (unpaired) electrons. The fourth-order valence-corrected chi connectivity index (χ4v) is 4.95. The zero-order valence-corrected chi connectivity index (χ0v) is 22.9. The Hall–Kier alpha value is -4.85. The lowest BCUT2D eigenvalue weighted by Crippen LogP contribution is -2.29. The van der Waals surface area contributed by atoms with E-state index in [1.54, 1.807) is 43.3 Å². The molecule has 0 saturated carbocycles. The quantitative estimate of drug-likeness (QED) is 0.223. The van der Waals surface area contributed by atoms with Gasteiger partial charge in [-0.1, -0.05) is 23.9 Å². The van der Waals surface area contributed by atoms with Gasteiger partial charge in [0.25, 0.3) is 5.56 Å². The lowest BCUT2D eigenvalue weighted by atomic mass is 10.0. The number of thioether (sulfide) groups is 1. The average Bonchev–Trinajstić information content (AvgIpc) is 3.26. The van der Waals surface area contributed by atoms with Crippen LogP contribution in [0.1, 0.15) is 47.8 Å². The highest BCUT2D eigenvalue weighted by molar-refractivity contribution is 8.15. The van der Waals surface area contributed by atoms with E-state index in [0.29, 0.717) is 29.2 Å². The van der Waals surface area contributed by atoms with E-state index >= 15 is 0 Å². The van der Waals surface area contributed by atoms with Crippen molar-refractivity contribution in [1.82, 2.24) is 15.3 Å². The fourth-order valence-electron chi connectivity index (χ4n) is 3.96. The van der Waals surface area contributed by atoms with Crippen molar-refractivity contribution in [1.29, 1.82) is 0 Å². The monoisotopic (exact) mass is 581 g/mol. The molecule has 14 heteroatoms. The normalized spacial score (nSPS) is 16.2. The van der Waals surface area contributed by atoms with Gasteiger partial charge in [0, 0.05) is 12.1 Å². The van der Waals surface area contributed by atoms with Crippen LogP contribution in [0.15, 0.2) is 63.1 Å². The molecule has 4 rings (SSSR count). The molecule has 41 heavy (non-hydrogen) atoms. The Morgan fingerprint density at radius 3 is 2.37 bits per heavy atom. The number of carbonyl (C=O) groups excluding carboxylic acids is 3. The molecular weight excluding hydrogens is 554 g/mol. The molecule has 13 nitrogen and oxygen atoms in total. The van der Waals surface area contributed by atoms with Crippen molar-refractivity contribution in [2.24, 2.45) is 4.99 Å². The lowest BCUT2D eigenvalue weighted by Gasteiger charge is -2.15. The van der Waals surface area contributed by atoms with Crippen LogP contribution in [-0.4, -0.2) is 56.5 Å². The van der Waals surface area contributed by atoms with Crippen molar-refractivity contribution in [3.8, 4) is 11.6 Å². The largest absolute Gasteiger partial charge is 0.494 e. The Labute approximate surface area is 237 Å². The zero-order valence-electron chi connectivity index (χ0n) is 22.1. The van der Waals surface area contributed by atoms with Crippen LogP contribution in [0.4, 0.5) is 5.69 Å². The van der Waals surface area contributed by atoms with Crippen molar-refractivity contribution >= 4 is 40.4 Å². The number of amidine groups is 1. The number of anilines is 1. The summed E-state index contributed by atoms with van der Waals surface area (Å²) >= 11 is 0.990. The number of hydrogen-bond donors (Lipinski definition) is 5. The van der Waals surface area contributed by atoms with Gasteiger partial charge in [-0.25, -0.2) is 14.6 Å². The molecule has 1 saturated heterocycles. The van der Waals surface area contributed by atoms with Gasteiger partial charge in [-0.3, -0.25) is 24.4 Å². The summed E-state index contributed by atoms with van der Waals surface area (Å²) in [7, 11) is 0. The molecule has 2 amide bonds. The van der Waals surface area contributed by atoms with Crippen LogP contribution in [0, 0.1) is 0 Å². The topological polar surface area (TPSA) is 192 Å². The van der Waals surface area contributed by atoms with Crippen molar-refractivity contribution < 1.29 is 29.0 Å². The Bertz CT molecular complexity index is 1580. The number of aromatic hydroxyl groups is 1. The second-order valence-corrected chi connectivity index (χ2v) is 9.85. The van der Waals surface area contributed by atoms with E-state index in [-0.39, 0.29) is 23.8 Å². The summed E-state index contributed by atoms with van der Waals surface area (Å²) < 4.78 is 10.4. The van der Waals surface area contributed by atoms with Crippen LogP contribution in [0.25, 0.3) is 0 Å². The number of aliphatic imine (C=N–C) groups is 1. The predicted molar refractivity (Wildman–Crippen MR) is 151 cm³/mol. The van der Waals surface area contributed by atoms with Crippen LogP contribution < -0.4 is 26.6 Å². The number of aromatic nitrogens is 2. The molecule has 1 aliphatic heterocycles. The fraction of sp³-hybridized carbons (Fsp3) is 0.259. The highest BCUT2D eigenvalue weighted by atomic mass is 32.2. The molecule has 3 aromatic rings. The van der Waals surface area contributed by atoms with Crippen molar-refractivity contribution in [2.75, 3.05) is 18.5 Å². The molecule has 1 fully saturated rings. The Balaban J connectivity index is 1.52. The maximum absolute atomic E-state index is 12.7. The maximum atomic E-state index is 12.7. The molecule has 0 spiro atoms. The van der Waals surface area contributed by atoms with Gasteiger partial charge in [0.15, 0.2) is 5.17 Å². The van der Waals surface area contributed by atoms with Crippen LogP contribution >= 0.6 is 11.8 Å². The van der Waals surface area contributed by atoms with E-state index in [4.69, 9.17) is 9.47 Å². The first-order valence-electron chi connectivity index (χ1n) is 12.6. The van der Waals surface area contributed by atoms with Gasteiger partial charge < -0.3 is 25.2 Å². The highest BCUT2D eigenvalue weighted by Crippen LogP contribution is 2.32. The molecule has 1 aromatic heterocycles. The van der Waals surface area contributed by atoms with E-state index < -0.39 is 46.2 Å². The summed E-state index contributed by atoms with van der Waals surface area (Å²) in [5.41, 5.74) is -0.734. The summed E-state index contributed by atoms with van der Waals surface area (Å²) in [4.78, 5) is 70.2. The van der Waals surface area contributed by atoms with Crippen LogP contribution in [0.5, 0.6) is 11.6 Å². The lowest BCUT2D eigenvalue weighted by molar-refractivity contribution is -0.122. The Kier molecular flexibility index (Phi) is 9.24. The molecule has 0 unspecified atom stereocenters. The number of rotatable bonds is 10. The second kappa shape index (κ2) is 13.0. The smallest absolute Gasteiger partial charge is 0.338 e. The van der Waals surface area contributed by atoms with E-state index in [1.165, 1.54) is 12.1 Å². The first-order chi connectivity index (χ1) is 19.7. The van der Waals surface area contributed by atoms with Crippen LogP contribution in [-0.2, 0) is 14.3 Å². The number of ether oxygens (including phenoxy) is 2. The number of esters is 1. The summed E-state index contributed by atoms with van der Waals surface area (Å²) in [6, 6.07) is 11.6. The van der Waals surface area contributed by atoms with E-state index in [1.807, 2.05) is 6.92 Å². The molecule has 2 atom stereocenters. The molecule has 0 bridgehead atoms. The van der Waals surface area contributed by atoms with Gasteiger partial charge in [-0.15, -0.1) is 0 Å². The maximum Gasteiger partial charge on any atom is 0.338 e.